The van der Waals surface area contributed by atoms with E-state index in [1.54, 1.807) is 6.07 Å². The molecule has 0 atom stereocenters. The van der Waals surface area contributed by atoms with E-state index >= 15 is 0 Å². The van der Waals surface area contributed by atoms with Crippen LogP contribution in [-0.2, 0) is 6.54 Å². The number of non-ortho nitro benzene ring substituents is 1. The Morgan fingerprint density at radius 2 is 2.17 bits per heavy atom. The first-order chi connectivity index (χ1) is 8.56. The summed E-state index contributed by atoms with van der Waals surface area (Å²) in [5.41, 5.74) is 0.717. The lowest BCUT2D eigenvalue weighted by Gasteiger charge is -2.06. The van der Waals surface area contributed by atoms with Crippen molar-refractivity contribution in [3.63, 3.8) is 0 Å². The van der Waals surface area contributed by atoms with E-state index in [-0.39, 0.29) is 5.69 Å². The van der Waals surface area contributed by atoms with Gasteiger partial charge in [-0.1, -0.05) is 0 Å². The van der Waals surface area contributed by atoms with Gasteiger partial charge in [-0.25, -0.2) is 0 Å². The van der Waals surface area contributed by atoms with E-state index in [0.29, 0.717) is 12.2 Å². The highest BCUT2D eigenvalue weighted by Gasteiger charge is 2.09. The molecule has 5 nitrogen and oxygen atoms in total. The summed E-state index contributed by atoms with van der Waals surface area (Å²) in [5.74, 6) is 1.62. The van der Waals surface area contributed by atoms with Gasteiger partial charge in [0, 0.05) is 16.6 Å². The number of nitrogens with one attached hydrogen (secondary N) is 1. The molecule has 0 aliphatic carbocycles. The number of aryl methyl sites for hydroxylation is 1. The van der Waals surface area contributed by atoms with E-state index in [1.807, 2.05) is 19.1 Å². The maximum absolute atomic E-state index is 10.7. The summed E-state index contributed by atoms with van der Waals surface area (Å²) in [6, 6.07) is 8.33. The van der Waals surface area contributed by atoms with Crippen LogP contribution in [0.15, 0.2) is 39.2 Å². The first kappa shape index (κ1) is 12.6. The van der Waals surface area contributed by atoms with Crippen molar-refractivity contribution < 1.29 is 9.34 Å². The van der Waals surface area contributed by atoms with E-state index in [4.69, 9.17) is 4.42 Å². The van der Waals surface area contributed by atoms with Gasteiger partial charge in [-0.05, 0) is 41.1 Å². The summed E-state index contributed by atoms with van der Waals surface area (Å²) < 4.78 is 6.19. The van der Waals surface area contributed by atoms with Crippen molar-refractivity contribution in [3.05, 3.63) is 56.4 Å². The van der Waals surface area contributed by atoms with Crippen molar-refractivity contribution in [3.8, 4) is 0 Å². The van der Waals surface area contributed by atoms with Crippen LogP contribution in [0.4, 0.5) is 11.4 Å². The summed E-state index contributed by atoms with van der Waals surface area (Å²) in [6.45, 7) is 2.35. The molecule has 1 heterocycles. The van der Waals surface area contributed by atoms with Gasteiger partial charge < -0.3 is 9.73 Å². The van der Waals surface area contributed by atoms with Crippen LogP contribution in [0.1, 0.15) is 11.5 Å². The number of hydrogen-bond acceptors (Lipinski definition) is 4. The molecule has 0 unspecified atom stereocenters. The van der Waals surface area contributed by atoms with Gasteiger partial charge in [-0.15, -0.1) is 0 Å². The molecular formula is C12H11BrN2O3. The molecule has 1 aromatic carbocycles. The maximum atomic E-state index is 10.7. The summed E-state index contributed by atoms with van der Waals surface area (Å²) in [7, 11) is 0. The van der Waals surface area contributed by atoms with Gasteiger partial charge in [0.25, 0.3) is 5.69 Å². The average molecular weight is 311 g/mol. The second-order valence-electron chi connectivity index (χ2n) is 3.79. The van der Waals surface area contributed by atoms with Crippen LogP contribution in [0.3, 0.4) is 0 Å². The molecule has 0 saturated carbocycles. The SMILES string of the molecule is Cc1ccc(CNc2cc([N+](=O)[O-])ccc2Br)o1. The Morgan fingerprint density at radius 1 is 1.39 bits per heavy atom. The molecule has 1 aromatic heterocycles. The molecule has 6 heteroatoms. The third-order valence-electron chi connectivity index (χ3n) is 2.41. The number of benzene rings is 1. The molecule has 0 amide bonds. The first-order valence-corrected chi connectivity index (χ1v) is 6.08. The molecule has 18 heavy (non-hydrogen) atoms. The van der Waals surface area contributed by atoms with Crippen LogP contribution in [0.5, 0.6) is 0 Å². The van der Waals surface area contributed by atoms with Crippen molar-refractivity contribution >= 4 is 27.3 Å². The Kier molecular flexibility index (Phi) is 3.66. The predicted molar refractivity (Wildman–Crippen MR) is 71.6 cm³/mol. The highest BCUT2D eigenvalue weighted by atomic mass is 79.9. The molecule has 2 aromatic rings. The second-order valence-corrected chi connectivity index (χ2v) is 4.64. The van der Waals surface area contributed by atoms with Crippen LogP contribution >= 0.6 is 15.9 Å². The number of nitro groups is 1. The van der Waals surface area contributed by atoms with E-state index in [1.165, 1.54) is 12.1 Å². The third-order valence-corrected chi connectivity index (χ3v) is 3.10. The zero-order chi connectivity index (χ0) is 13.1. The van der Waals surface area contributed by atoms with Gasteiger partial charge in [0.15, 0.2) is 0 Å². The minimum absolute atomic E-state index is 0.0522. The number of anilines is 1. The molecule has 94 valence electrons. The number of nitro benzene ring substituents is 1. The zero-order valence-corrected chi connectivity index (χ0v) is 11.2. The molecule has 0 spiro atoms. The van der Waals surface area contributed by atoms with Gasteiger partial charge in [0.05, 0.1) is 17.2 Å². The summed E-state index contributed by atoms with van der Waals surface area (Å²) in [5, 5.41) is 13.8. The van der Waals surface area contributed by atoms with E-state index in [9.17, 15) is 10.1 Å². The van der Waals surface area contributed by atoms with Crippen LogP contribution in [0.2, 0.25) is 0 Å². The summed E-state index contributed by atoms with van der Waals surface area (Å²) >= 11 is 3.34. The van der Waals surface area contributed by atoms with Gasteiger partial charge in [-0.2, -0.15) is 0 Å². The van der Waals surface area contributed by atoms with Gasteiger partial charge in [0.1, 0.15) is 11.5 Å². The molecule has 0 radical (unpaired) electrons. The topological polar surface area (TPSA) is 68.3 Å². The molecule has 0 saturated heterocycles. The number of furan rings is 1. The van der Waals surface area contributed by atoms with Crippen LogP contribution < -0.4 is 5.32 Å². The van der Waals surface area contributed by atoms with Gasteiger partial charge in [-0.3, -0.25) is 10.1 Å². The van der Waals surface area contributed by atoms with Crippen molar-refractivity contribution in [2.45, 2.75) is 13.5 Å². The molecule has 0 fully saturated rings. The first-order valence-electron chi connectivity index (χ1n) is 5.29. The zero-order valence-electron chi connectivity index (χ0n) is 9.64. The normalized spacial score (nSPS) is 10.3. The highest BCUT2D eigenvalue weighted by Crippen LogP contribution is 2.27. The lowest BCUT2D eigenvalue weighted by Crippen LogP contribution is -2.00. The maximum Gasteiger partial charge on any atom is 0.271 e. The molecule has 1 N–H and O–H groups in total. The smallest absolute Gasteiger partial charge is 0.271 e. The van der Waals surface area contributed by atoms with Gasteiger partial charge >= 0.3 is 0 Å². The largest absolute Gasteiger partial charge is 0.465 e. The van der Waals surface area contributed by atoms with Crippen LogP contribution in [0, 0.1) is 17.0 Å². The fourth-order valence-corrected chi connectivity index (χ4v) is 1.91. The Morgan fingerprint density at radius 3 is 2.78 bits per heavy atom. The lowest BCUT2D eigenvalue weighted by atomic mass is 10.3. The molecule has 0 aliphatic rings. The number of nitrogens with zero attached hydrogens (tertiary/aromatic N) is 1. The summed E-state index contributed by atoms with van der Waals surface area (Å²) in [6.07, 6.45) is 0. The number of halogens is 1. The third kappa shape index (κ3) is 2.89. The van der Waals surface area contributed by atoms with Crippen molar-refractivity contribution in [1.82, 2.24) is 0 Å². The minimum atomic E-state index is -0.422. The summed E-state index contributed by atoms with van der Waals surface area (Å²) in [4.78, 5) is 10.3. The fourth-order valence-electron chi connectivity index (χ4n) is 1.52. The highest BCUT2D eigenvalue weighted by molar-refractivity contribution is 9.10. The quantitative estimate of drug-likeness (QED) is 0.687. The molecule has 2 rings (SSSR count). The monoisotopic (exact) mass is 310 g/mol. The van der Waals surface area contributed by atoms with E-state index in [2.05, 4.69) is 21.2 Å². The Bertz CT molecular complexity index is 580. The van der Waals surface area contributed by atoms with Crippen molar-refractivity contribution in [2.24, 2.45) is 0 Å². The van der Waals surface area contributed by atoms with Crippen LogP contribution in [-0.4, -0.2) is 4.92 Å². The number of rotatable bonds is 4. The van der Waals surface area contributed by atoms with E-state index in [0.717, 1.165) is 16.0 Å². The fraction of sp³-hybridized carbons (Fsp3) is 0.167. The molecular weight excluding hydrogens is 300 g/mol. The standard InChI is InChI=1S/C12H11BrN2O3/c1-8-2-4-10(18-8)7-14-12-6-9(15(16)17)3-5-11(12)13/h2-6,14H,7H2,1H3. The average Bonchev–Trinajstić information content (AvgIpc) is 2.74. The number of hydrogen-bond donors (Lipinski definition) is 1. The predicted octanol–water partition coefficient (Wildman–Crippen LogP) is 3.87. The Balaban J connectivity index is 2.13. The van der Waals surface area contributed by atoms with Crippen molar-refractivity contribution in [1.29, 1.82) is 0 Å². The lowest BCUT2D eigenvalue weighted by molar-refractivity contribution is -0.384. The van der Waals surface area contributed by atoms with Crippen LogP contribution in [0.25, 0.3) is 0 Å². The second kappa shape index (κ2) is 5.22. The van der Waals surface area contributed by atoms with Crippen molar-refractivity contribution in [2.75, 3.05) is 5.32 Å². The van der Waals surface area contributed by atoms with E-state index < -0.39 is 4.92 Å². The Hall–Kier alpha value is -1.82. The molecule has 0 aliphatic heterocycles. The Labute approximate surface area is 112 Å². The van der Waals surface area contributed by atoms with Gasteiger partial charge in [0.2, 0.25) is 0 Å². The minimum Gasteiger partial charge on any atom is -0.465 e. The molecule has 0 bridgehead atoms.